The molecule has 2 nitrogen and oxygen atoms in total. The molecule has 0 radical (unpaired) electrons. The maximum Gasteiger partial charge on any atom is 0.172 e. The van der Waals surface area contributed by atoms with Crippen LogP contribution in [-0.4, -0.2) is 12.4 Å². The largest absolute Gasteiger partial charge is 0.486 e. The van der Waals surface area contributed by atoms with Crippen molar-refractivity contribution in [3.05, 3.63) is 52.0 Å². The average Bonchev–Trinajstić information content (AvgIpc) is 2.97. The van der Waals surface area contributed by atoms with Crippen LogP contribution in [0, 0.1) is 11.7 Å². The Bertz CT molecular complexity index is 606. The number of thiophene rings is 1. The summed E-state index contributed by atoms with van der Waals surface area (Å²) >= 11 is 1.74. The van der Waals surface area contributed by atoms with E-state index in [4.69, 9.17) is 4.74 Å². The van der Waals surface area contributed by atoms with E-state index in [1.54, 1.807) is 11.3 Å². The number of benzene rings is 1. The van der Waals surface area contributed by atoms with E-state index < -0.39 is 0 Å². The normalized spacial score (nSPS) is 10.9. The molecule has 0 saturated heterocycles. The number of hydrogen-bond acceptors (Lipinski definition) is 3. The lowest BCUT2D eigenvalue weighted by atomic mass is 10.1. The van der Waals surface area contributed by atoms with E-state index in [0.717, 1.165) is 24.8 Å². The number of Topliss-reactive ketones (excluding diaryl/α,β-unsaturated/α-hetero) is 1. The van der Waals surface area contributed by atoms with Gasteiger partial charge < -0.3 is 4.74 Å². The number of hydrogen-bond donors (Lipinski definition) is 0. The lowest BCUT2D eigenvalue weighted by molar-refractivity contribution is -0.123. The standard InChI is InChI=1S/C18H21FO2S/c1-13(2)18(20)12-21-16-10-14(9-15(19)11-16)5-3-6-17-7-4-8-22-17/h4,7-11,13H,3,5-6,12H2,1-2H3. The molecule has 1 aromatic heterocycles. The SMILES string of the molecule is CC(C)C(=O)COc1cc(F)cc(CCCc2cccs2)c1. The topological polar surface area (TPSA) is 26.3 Å². The van der Waals surface area contributed by atoms with Crippen molar-refractivity contribution >= 4 is 17.1 Å². The molecule has 22 heavy (non-hydrogen) atoms. The van der Waals surface area contributed by atoms with E-state index in [2.05, 4.69) is 11.4 Å². The van der Waals surface area contributed by atoms with E-state index in [9.17, 15) is 9.18 Å². The van der Waals surface area contributed by atoms with E-state index in [1.165, 1.54) is 17.0 Å². The van der Waals surface area contributed by atoms with Gasteiger partial charge in [-0.15, -0.1) is 11.3 Å². The van der Waals surface area contributed by atoms with Crippen molar-refractivity contribution in [1.29, 1.82) is 0 Å². The third kappa shape index (κ3) is 5.26. The first-order chi connectivity index (χ1) is 10.5. The van der Waals surface area contributed by atoms with E-state index in [0.29, 0.717) is 5.75 Å². The first-order valence-corrected chi connectivity index (χ1v) is 8.40. The van der Waals surface area contributed by atoms with Gasteiger partial charge in [0.15, 0.2) is 5.78 Å². The number of rotatable bonds is 8. The fourth-order valence-corrected chi connectivity index (χ4v) is 2.84. The molecule has 0 saturated carbocycles. The quantitative estimate of drug-likeness (QED) is 0.707. The molecule has 4 heteroatoms. The summed E-state index contributed by atoms with van der Waals surface area (Å²) < 4.78 is 19.1. The number of ketones is 1. The van der Waals surface area contributed by atoms with Gasteiger partial charge in [-0.2, -0.15) is 0 Å². The summed E-state index contributed by atoms with van der Waals surface area (Å²) in [5, 5.41) is 2.06. The van der Waals surface area contributed by atoms with Crippen LogP contribution in [0.15, 0.2) is 35.7 Å². The highest BCUT2D eigenvalue weighted by molar-refractivity contribution is 7.09. The lowest BCUT2D eigenvalue weighted by Gasteiger charge is -2.09. The van der Waals surface area contributed by atoms with Crippen LogP contribution in [0.25, 0.3) is 0 Å². The lowest BCUT2D eigenvalue weighted by Crippen LogP contribution is -2.16. The van der Waals surface area contributed by atoms with Gasteiger partial charge in [0.25, 0.3) is 0 Å². The van der Waals surface area contributed by atoms with E-state index in [1.807, 2.05) is 26.0 Å². The van der Waals surface area contributed by atoms with Crippen LogP contribution in [0.1, 0.15) is 30.7 Å². The summed E-state index contributed by atoms with van der Waals surface area (Å²) in [6.07, 6.45) is 2.76. The van der Waals surface area contributed by atoms with Gasteiger partial charge in [0.1, 0.15) is 18.2 Å². The van der Waals surface area contributed by atoms with Crippen molar-refractivity contribution in [3.8, 4) is 5.75 Å². The van der Waals surface area contributed by atoms with Crippen molar-refractivity contribution in [2.75, 3.05) is 6.61 Å². The minimum Gasteiger partial charge on any atom is -0.486 e. The molecule has 0 N–H and O–H groups in total. The Kier molecular flexibility index (Phi) is 6.13. The molecule has 0 aliphatic carbocycles. The Morgan fingerprint density at radius 1 is 1.27 bits per heavy atom. The van der Waals surface area contributed by atoms with Gasteiger partial charge in [0.2, 0.25) is 0 Å². The highest BCUT2D eigenvalue weighted by Crippen LogP contribution is 2.19. The second-order valence-electron chi connectivity index (χ2n) is 5.64. The summed E-state index contributed by atoms with van der Waals surface area (Å²) in [6, 6.07) is 8.84. The van der Waals surface area contributed by atoms with Gasteiger partial charge in [0, 0.05) is 16.9 Å². The zero-order valence-corrected chi connectivity index (χ0v) is 13.8. The van der Waals surface area contributed by atoms with Crippen molar-refractivity contribution in [2.45, 2.75) is 33.1 Å². The molecule has 1 heterocycles. The molecule has 0 spiro atoms. The Morgan fingerprint density at radius 2 is 2.09 bits per heavy atom. The van der Waals surface area contributed by atoms with Crippen molar-refractivity contribution in [3.63, 3.8) is 0 Å². The van der Waals surface area contributed by atoms with Crippen LogP contribution >= 0.6 is 11.3 Å². The van der Waals surface area contributed by atoms with Crippen molar-refractivity contribution in [1.82, 2.24) is 0 Å². The zero-order valence-electron chi connectivity index (χ0n) is 13.0. The molecule has 0 bridgehead atoms. The molecule has 0 aliphatic rings. The predicted octanol–water partition coefficient (Wildman–Crippen LogP) is 4.67. The minimum absolute atomic E-state index is 0.00421. The van der Waals surface area contributed by atoms with Gasteiger partial charge in [-0.05, 0) is 48.4 Å². The summed E-state index contributed by atoms with van der Waals surface area (Å²) in [7, 11) is 0. The van der Waals surface area contributed by atoms with Crippen LogP contribution in [0.4, 0.5) is 4.39 Å². The first kappa shape index (κ1) is 16.7. The number of ether oxygens (including phenoxy) is 1. The van der Waals surface area contributed by atoms with Crippen LogP contribution < -0.4 is 4.74 Å². The maximum atomic E-state index is 13.6. The van der Waals surface area contributed by atoms with Crippen LogP contribution in [0.3, 0.4) is 0 Å². The van der Waals surface area contributed by atoms with Gasteiger partial charge >= 0.3 is 0 Å². The van der Waals surface area contributed by atoms with Gasteiger partial charge in [-0.3, -0.25) is 4.79 Å². The van der Waals surface area contributed by atoms with Crippen molar-refractivity contribution < 1.29 is 13.9 Å². The highest BCUT2D eigenvalue weighted by atomic mass is 32.1. The molecular weight excluding hydrogens is 299 g/mol. The molecule has 0 fully saturated rings. The number of carbonyl (C=O) groups is 1. The molecule has 0 atom stereocenters. The fraction of sp³-hybridized carbons (Fsp3) is 0.389. The van der Waals surface area contributed by atoms with Gasteiger partial charge in [-0.1, -0.05) is 19.9 Å². The second-order valence-corrected chi connectivity index (χ2v) is 6.67. The number of carbonyl (C=O) groups excluding carboxylic acids is 1. The minimum atomic E-state index is -0.319. The third-order valence-electron chi connectivity index (χ3n) is 3.42. The third-order valence-corrected chi connectivity index (χ3v) is 4.36. The van der Waals surface area contributed by atoms with E-state index in [-0.39, 0.29) is 24.1 Å². The zero-order chi connectivity index (χ0) is 15.9. The molecule has 0 unspecified atom stereocenters. The molecule has 2 rings (SSSR count). The number of halogens is 1. The Labute approximate surface area is 134 Å². The highest BCUT2D eigenvalue weighted by Gasteiger charge is 2.09. The summed E-state index contributed by atoms with van der Waals surface area (Å²) in [6.45, 7) is 3.65. The predicted molar refractivity (Wildman–Crippen MR) is 88.1 cm³/mol. The molecular formula is C18H21FO2S. The van der Waals surface area contributed by atoms with Crippen LogP contribution in [0.2, 0.25) is 0 Å². The summed E-state index contributed by atoms with van der Waals surface area (Å²) in [5.41, 5.74) is 0.906. The summed E-state index contributed by atoms with van der Waals surface area (Å²) in [5.74, 6) is 0.0584. The summed E-state index contributed by atoms with van der Waals surface area (Å²) in [4.78, 5) is 12.9. The van der Waals surface area contributed by atoms with Crippen LogP contribution in [-0.2, 0) is 17.6 Å². The fourth-order valence-electron chi connectivity index (χ4n) is 2.09. The van der Waals surface area contributed by atoms with E-state index >= 15 is 0 Å². The maximum absolute atomic E-state index is 13.6. The number of aryl methyl sites for hydroxylation is 2. The monoisotopic (exact) mass is 320 g/mol. The average molecular weight is 320 g/mol. The van der Waals surface area contributed by atoms with Gasteiger partial charge in [0.05, 0.1) is 0 Å². The smallest absolute Gasteiger partial charge is 0.172 e. The van der Waals surface area contributed by atoms with Crippen LogP contribution in [0.5, 0.6) is 5.75 Å². The molecule has 118 valence electrons. The second kappa shape index (κ2) is 8.08. The first-order valence-electron chi connectivity index (χ1n) is 7.52. The molecule has 1 aromatic carbocycles. The van der Waals surface area contributed by atoms with Gasteiger partial charge in [-0.25, -0.2) is 4.39 Å². The Balaban J connectivity index is 1.90. The molecule has 2 aromatic rings. The molecule has 0 amide bonds. The Morgan fingerprint density at radius 3 is 2.77 bits per heavy atom. The Hall–Kier alpha value is -1.68. The molecule has 0 aliphatic heterocycles. The van der Waals surface area contributed by atoms with Crippen molar-refractivity contribution in [2.24, 2.45) is 5.92 Å².